The summed E-state index contributed by atoms with van der Waals surface area (Å²) in [5, 5.41) is 8.50. The van der Waals surface area contributed by atoms with Gasteiger partial charge in [-0.05, 0) is 5.92 Å². The number of nitrogens with two attached hydrogens (primary N) is 1. The summed E-state index contributed by atoms with van der Waals surface area (Å²) in [4.78, 5) is 10.4. The molecule has 3 N–H and O–H groups in total. The molecule has 0 bridgehead atoms. The third kappa shape index (κ3) is 3.22. The van der Waals surface area contributed by atoms with E-state index < -0.39 is 30.0 Å². The molecule has 2 unspecified atom stereocenters. The van der Waals surface area contributed by atoms with Crippen molar-refractivity contribution in [3.8, 4) is 0 Å². The number of carboxylic acids is 1. The second kappa shape index (κ2) is 3.95. The molecule has 0 spiro atoms. The average molecular weight is 199 g/mol. The largest absolute Gasteiger partial charge is 0.481 e. The van der Waals surface area contributed by atoms with E-state index in [4.69, 9.17) is 10.8 Å². The first-order chi connectivity index (χ1) is 5.68. The normalized spacial score (nSPS) is 17.2. The summed E-state index contributed by atoms with van der Waals surface area (Å²) in [5.74, 6) is -3.74. The first-order valence-electron chi connectivity index (χ1n) is 3.73. The summed E-state index contributed by atoms with van der Waals surface area (Å²) >= 11 is 0. The summed E-state index contributed by atoms with van der Waals surface area (Å²) in [6.07, 6.45) is -4.66. The third-order valence-electron chi connectivity index (χ3n) is 1.77. The van der Waals surface area contributed by atoms with Crippen LogP contribution in [0.5, 0.6) is 0 Å². The molecule has 3 nitrogen and oxygen atoms in total. The van der Waals surface area contributed by atoms with Crippen molar-refractivity contribution in [3.63, 3.8) is 0 Å². The Bertz CT molecular complexity index is 191. The summed E-state index contributed by atoms with van der Waals surface area (Å²) < 4.78 is 36.1. The minimum atomic E-state index is -4.66. The van der Waals surface area contributed by atoms with Crippen molar-refractivity contribution in [2.75, 3.05) is 0 Å². The van der Waals surface area contributed by atoms with Gasteiger partial charge in [-0.1, -0.05) is 13.8 Å². The van der Waals surface area contributed by atoms with Gasteiger partial charge in [-0.15, -0.1) is 0 Å². The van der Waals surface area contributed by atoms with Gasteiger partial charge in [0, 0.05) is 0 Å². The van der Waals surface area contributed by atoms with Crippen molar-refractivity contribution >= 4 is 5.97 Å². The van der Waals surface area contributed by atoms with Crippen LogP contribution in [0.2, 0.25) is 0 Å². The molecule has 0 saturated carbocycles. The van der Waals surface area contributed by atoms with Gasteiger partial charge in [0.15, 0.2) is 0 Å². The van der Waals surface area contributed by atoms with E-state index in [1.807, 2.05) is 0 Å². The van der Waals surface area contributed by atoms with E-state index >= 15 is 0 Å². The zero-order valence-corrected chi connectivity index (χ0v) is 7.30. The molecule has 13 heavy (non-hydrogen) atoms. The lowest BCUT2D eigenvalue weighted by Gasteiger charge is -2.25. The molecule has 0 saturated heterocycles. The van der Waals surface area contributed by atoms with Crippen LogP contribution >= 0.6 is 0 Å². The van der Waals surface area contributed by atoms with E-state index in [2.05, 4.69) is 0 Å². The zero-order chi connectivity index (χ0) is 10.8. The number of alkyl halides is 3. The van der Waals surface area contributed by atoms with Crippen molar-refractivity contribution in [1.82, 2.24) is 0 Å². The predicted octanol–water partition coefficient (Wildman–Crippen LogP) is 1.23. The Morgan fingerprint density at radius 1 is 1.38 bits per heavy atom. The Hall–Kier alpha value is -0.780. The Kier molecular flexibility index (Phi) is 3.71. The molecule has 78 valence electrons. The van der Waals surface area contributed by atoms with Gasteiger partial charge in [-0.25, -0.2) is 0 Å². The van der Waals surface area contributed by atoms with Crippen LogP contribution in [0.15, 0.2) is 0 Å². The fourth-order valence-corrected chi connectivity index (χ4v) is 1.06. The van der Waals surface area contributed by atoms with Gasteiger partial charge >= 0.3 is 12.1 Å². The van der Waals surface area contributed by atoms with Crippen LogP contribution in [0.25, 0.3) is 0 Å². The molecule has 0 rings (SSSR count). The number of carbonyl (C=O) groups is 1. The monoisotopic (exact) mass is 199 g/mol. The fourth-order valence-electron chi connectivity index (χ4n) is 1.06. The Balaban J connectivity index is 4.67. The van der Waals surface area contributed by atoms with Gasteiger partial charge in [0.2, 0.25) is 0 Å². The molecule has 0 amide bonds. The van der Waals surface area contributed by atoms with Crippen molar-refractivity contribution in [2.45, 2.75) is 26.1 Å². The summed E-state index contributed by atoms with van der Waals surface area (Å²) in [6, 6.07) is -2.30. The molecular weight excluding hydrogens is 187 g/mol. The molecule has 0 aromatic rings. The second-order valence-electron chi connectivity index (χ2n) is 3.18. The summed E-state index contributed by atoms with van der Waals surface area (Å²) in [6.45, 7) is 2.79. The molecule has 0 fully saturated rings. The van der Waals surface area contributed by atoms with Gasteiger partial charge in [-0.3, -0.25) is 4.79 Å². The van der Waals surface area contributed by atoms with Crippen LogP contribution in [0, 0.1) is 11.8 Å². The summed E-state index contributed by atoms with van der Waals surface area (Å²) in [5.41, 5.74) is 4.79. The lowest BCUT2D eigenvalue weighted by atomic mass is 9.89. The van der Waals surface area contributed by atoms with Crippen LogP contribution in [0.3, 0.4) is 0 Å². The minimum Gasteiger partial charge on any atom is -0.481 e. The van der Waals surface area contributed by atoms with E-state index in [9.17, 15) is 18.0 Å². The van der Waals surface area contributed by atoms with E-state index in [1.165, 1.54) is 13.8 Å². The first kappa shape index (κ1) is 12.2. The maximum Gasteiger partial charge on any atom is 0.404 e. The Morgan fingerprint density at radius 2 is 1.77 bits per heavy atom. The highest BCUT2D eigenvalue weighted by Crippen LogP contribution is 2.28. The van der Waals surface area contributed by atoms with Gasteiger partial charge in [0.25, 0.3) is 0 Å². The molecule has 0 aromatic heterocycles. The highest BCUT2D eigenvalue weighted by atomic mass is 19.4. The molecule has 2 atom stereocenters. The van der Waals surface area contributed by atoms with Crippen molar-refractivity contribution in [2.24, 2.45) is 17.6 Å². The highest BCUT2D eigenvalue weighted by Gasteiger charge is 2.46. The number of halogens is 3. The Morgan fingerprint density at radius 3 is 1.85 bits per heavy atom. The molecule has 0 aliphatic carbocycles. The SMILES string of the molecule is CC(C)C(C(=O)O)C(N)C(F)(F)F. The molecule has 0 radical (unpaired) electrons. The van der Waals surface area contributed by atoms with Gasteiger partial charge in [-0.2, -0.15) is 13.2 Å². The van der Waals surface area contributed by atoms with Gasteiger partial charge < -0.3 is 10.8 Å². The van der Waals surface area contributed by atoms with Crippen LogP contribution in [0.1, 0.15) is 13.8 Å². The number of hydrogen-bond acceptors (Lipinski definition) is 2. The van der Waals surface area contributed by atoms with Gasteiger partial charge in [0.1, 0.15) is 6.04 Å². The number of carboxylic acid groups (broad SMARTS) is 1. The van der Waals surface area contributed by atoms with Crippen molar-refractivity contribution < 1.29 is 23.1 Å². The minimum absolute atomic E-state index is 0.644. The van der Waals surface area contributed by atoms with E-state index in [-0.39, 0.29) is 0 Å². The van der Waals surface area contributed by atoms with E-state index in [0.29, 0.717) is 0 Å². The molecule has 0 aliphatic heterocycles. The van der Waals surface area contributed by atoms with Crippen molar-refractivity contribution in [3.05, 3.63) is 0 Å². The molecule has 0 aromatic carbocycles. The number of rotatable bonds is 3. The quantitative estimate of drug-likeness (QED) is 0.718. The maximum atomic E-state index is 12.0. The zero-order valence-electron chi connectivity index (χ0n) is 7.30. The average Bonchev–Trinajstić information content (AvgIpc) is 1.82. The topological polar surface area (TPSA) is 63.3 Å². The highest BCUT2D eigenvalue weighted by molar-refractivity contribution is 5.71. The number of aliphatic carboxylic acids is 1. The molecule has 0 heterocycles. The van der Waals surface area contributed by atoms with E-state index in [1.54, 1.807) is 0 Å². The van der Waals surface area contributed by atoms with Crippen LogP contribution in [-0.2, 0) is 4.79 Å². The Labute approximate surface area is 73.7 Å². The predicted molar refractivity (Wildman–Crippen MR) is 40.0 cm³/mol. The van der Waals surface area contributed by atoms with Crippen LogP contribution in [0.4, 0.5) is 13.2 Å². The van der Waals surface area contributed by atoms with E-state index in [0.717, 1.165) is 0 Å². The van der Waals surface area contributed by atoms with Gasteiger partial charge in [0.05, 0.1) is 5.92 Å². The lowest BCUT2D eigenvalue weighted by Crippen LogP contribution is -2.48. The first-order valence-corrected chi connectivity index (χ1v) is 3.73. The maximum absolute atomic E-state index is 12.0. The van der Waals surface area contributed by atoms with Crippen molar-refractivity contribution in [1.29, 1.82) is 0 Å². The summed E-state index contributed by atoms with van der Waals surface area (Å²) in [7, 11) is 0. The molecular formula is C7H12F3NO2. The van der Waals surface area contributed by atoms with Crippen LogP contribution in [-0.4, -0.2) is 23.3 Å². The standard InChI is InChI=1S/C7H12F3NO2/c1-3(2)4(6(12)13)5(11)7(8,9)10/h3-5H,11H2,1-2H3,(H,12,13). The smallest absolute Gasteiger partial charge is 0.404 e. The fraction of sp³-hybridized carbons (Fsp3) is 0.857. The third-order valence-corrected chi connectivity index (χ3v) is 1.77. The lowest BCUT2D eigenvalue weighted by molar-refractivity contribution is -0.176. The molecule has 6 heteroatoms. The number of hydrogen-bond donors (Lipinski definition) is 2. The molecule has 0 aliphatic rings. The van der Waals surface area contributed by atoms with Crippen LogP contribution < -0.4 is 5.73 Å². The second-order valence-corrected chi connectivity index (χ2v) is 3.18.